The first-order valence-corrected chi connectivity index (χ1v) is 12.7. The van der Waals surface area contributed by atoms with Crippen molar-refractivity contribution in [3.63, 3.8) is 0 Å². The summed E-state index contributed by atoms with van der Waals surface area (Å²) in [4.78, 5) is 17.2. The number of nitrogens with one attached hydrogen (secondary N) is 1. The van der Waals surface area contributed by atoms with E-state index in [9.17, 15) is 13.2 Å². The lowest BCUT2D eigenvalue weighted by atomic mass is 10.1. The van der Waals surface area contributed by atoms with Crippen molar-refractivity contribution in [1.82, 2.24) is 9.62 Å². The van der Waals surface area contributed by atoms with Crippen molar-refractivity contribution < 1.29 is 17.9 Å². The second-order valence-electron chi connectivity index (χ2n) is 8.60. The number of amides is 1. The van der Waals surface area contributed by atoms with E-state index < -0.39 is 10.0 Å². The fourth-order valence-electron chi connectivity index (χ4n) is 4.14. The summed E-state index contributed by atoms with van der Waals surface area (Å²) in [6.07, 6.45) is 5.29. The van der Waals surface area contributed by atoms with E-state index in [0.717, 1.165) is 31.5 Å². The minimum Gasteiger partial charge on any atom is -0.495 e. The van der Waals surface area contributed by atoms with Gasteiger partial charge in [0.2, 0.25) is 10.0 Å². The molecule has 2 aromatic carbocycles. The highest BCUT2D eigenvalue weighted by atomic mass is 32.2. The Morgan fingerprint density at radius 3 is 2.53 bits per heavy atom. The third kappa shape index (κ3) is 5.07. The van der Waals surface area contributed by atoms with E-state index in [2.05, 4.69) is 21.8 Å². The Balaban J connectivity index is 1.55. The van der Waals surface area contributed by atoms with Crippen LogP contribution in [0.4, 0.5) is 5.69 Å². The van der Waals surface area contributed by atoms with Gasteiger partial charge in [0.1, 0.15) is 10.6 Å². The lowest BCUT2D eigenvalue weighted by Crippen LogP contribution is -2.32. The van der Waals surface area contributed by atoms with Crippen molar-refractivity contribution in [2.24, 2.45) is 0 Å². The third-order valence-corrected chi connectivity index (χ3v) is 7.58. The van der Waals surface area contributed by atoms with Crippen molar-refractivity contribution in [2.75, 3.05) is 32.1 Å². The molecule has 1 N–H and O–H groups in total. The number of piperidine rings is 1. The van der Waals surface area contributed by atoms with E-state index >= 15 is 0 Å². The Morgan fingerprint density at radius 1 is 1.12 bits per heavy atom. The summed E-state index contributed by atoms with van der Waals surface area (Å²) in [6.45, 7) is 2.50. The summed E-state index contributed by atoms with van der Waals surface area (Å²) in [5, 5.41) is 0. The van der Waals surface area contributed by atoms with E-state index in [1.807, 2.05) is 12.1 Å². The molecule has 1 heterocycles. The molecule has 2 fully saturated rings. The van der Waals surface area contributed by atoms with Crippen LogP contribution in [0.1, 0.15) is 48.0 Å². The fourth-order valence-corrected chi connectivity index (χ4v) is 5.64. The molecule has 2 aliphatic rings. The quantitative estimate of drug-likeness (QED) is 0.657. The molecule has 2 aromatic rings. The summed E-state index contributed by atoms with van der Waals surface area (Å²) < 4.78 is 33.5. The van der Waals surface area contributed by atoms with Gasteiger partial charge in [-0.25, -0.2) is 13.1 Å². The predicted molar refractivity (Wildman–Crippen MR) is 125 cm³/mol. The maximum absolute atomic E-state index is 13.2. The Bertz CT molecular complexity index is 1080. The molecule has 1 aliphatic carbocycles. The molecule has 8 heteroatoms. The maximum atomic E-state index is 13.2. The Labute approximate surface area is 190 Å². The summed E-state index contributed by atoms with van der Waals surface area (Å²) in [5.41, 5.74) is 2.57. The normalized spacial score (nSPS) is 16.6. The molecule has 7 nitrogen and oxygen atoms in total. The number of hydrogen-bond donors (Lipinski definition) is 1. The van der Waals surface area contributed by atoms with Crippen molar-refractivity contribution in [3.8, 4) is 5.75 Å². The Hall–Kier alpha value is -2.58. The van der Waals surface area contributed by atoms with Crippen molar-refractivity contribution in [1.29, 1.82) is 0 Å². The zero-order valence-electron chi connectivity index (χ0n) is 18.7. The van der Waals surface area contributed by atoms with Crippen LogP contribution in [0.2, 0.25) is 0 Å². The van der Waals surface area contributed by atoms with E-state index in [1.165, 1.54) is 38.1 Å². The minimum atomic E-state index is -3.75. The van der Waals surface area contributed by atoms with E-state index in [4.69, 9.17) is 4.74 Å². The molecule has 0 aromatic heterocycles. The van der Waals surface area contributed by atoms with Crippen molar-refractivity contribution in [3.05, 3.63) is 53.6 Å². The number of ether oxygens (including phenoxy) is 1. The molecule has 0 unspecified atom stereocenters. The SMILES string of the molecule is COc1ccc(C(=O)N(C)Cc2ccccc2N2CCCCC2)cc1S(=O)(=O)NC1CC1. The Kier molecular flexibility index (Phi) is 6.71. The molecule has 172 valence electrons. The largest absolute Gasteiger partial charge is 0.495 e. The zero-order valence-corrected chi connectivity index (χ0v) is 19.5. The summed E-state index contributed by atoms with van der Waals surface area (Å²) in [6, 6.07) is 12.7. The van der Waals surface area contributed by atoms with Gasteiger partial charge in [0.15, 0.2) is 0 Å². The number of para-hydroxylation sites is 1. The molecule has 32 heavy (non-hydrogen) atoms. The van der Waals surface area contributed by atoms with Gasteiger partial charge >= 0.3 is 0 Å². The average Bonchev–Trinajstić information content (AvgIpc) is 3.62. The van der Waals surface area contributed by atoms with Gasteiger partial charge in [0.25, 0.3) is 5.91 Å². The van der Waals surface area contributed by atoms with Gasteiger partial charge in [-0.2, -0.15) is 0 Å². The first-order chi connectivity index (χ1) is 15.4. The highest BCUT2D eigenvalue weighted by molar-refractivity contribution is 7.89. The number of anilines is 1. The molecular formula is C24H31N3O4S. The summed E-state index contributed by atoms with van der Waals surface area (Å²) in [5.74, 6) is -0.00299. The van der Waals surface area contributed by atoms with Crippen molar-refractivity contribution >= 4 is 21.6 Å². The number of nitrogens with zero attached hydrogens (tertiary/aromatic N) is 2. The van der Waals surface area contributed by atoms with E-state index in [1.54, 1.807) is 24.1 Å². The number of carbonyl (C=O) groups excluding carboxylic acids is 1. The smallest absolute Gasteiger partial charge is 0.253 e. The lowest BCUT2D eigenvalue weighted by Gasteiger charge is -2.31. The first kappa shape index (κ1) is 22.6. The predicted octanol–water partition coefficient (Wildman–Crippen LogP) is 3.40. The standard InChI is InChI=1S/C24H31N3O4S/c1-26(17-19-8-4-5-9-21(19)27-14-6-3-7-15-27)24(28)18-10-13-22(31-2)23(16-18)32(29,30)25-20-11-12-20/h4-5,8-10,13,16,20,25H,3,6-7,11-12,14-15,17H2,1-2H3. The monoisotopic (exact) mass is 457 g/mol. The van der Waals surface area contributed by atoms with Crippen LogP contribution in [0, 0.1) is 0 Å². The molecule has 1 aliphatic heterocycles. The number of hydrogen-bond acceptors (Lipinski definition) is 5. The van der Waals surface area contributed by atoms with E-state index in [-0.39, 0.29) is 22.6 Å². The number of rotatable bonds is 8. The molecule has 0 spiro atoms. The highest BCUT2D eigenvalue weighted by Gasteiger charge is 2.30. The van der Waals surface area contributed by atoms with Gasteiger partial charge in [-0.15, -0.1) is 0 Å². The molecule has 0 atom stereocenters. The van der Waals surface area contributed by atoms with Gasteiger partial charge in [-0.05, 0) is 61.9 Å². The average molecular weight is 458 g/mol. The number of carbonyl (C=O) groups is 1. The topological polar surface area (TPSA) is 79.0 Å². The maximum Gasteiger partial charge on any atom is 0.253 e. The second-order valence-corrected chi connectivity index (χ2v) is 10.3. The van der Waals surface area contributed by atoms with Gasteiger partial charge in [0.05, 0.1) is 7.11 Å². The molecule has 0 bridgehead atoms. The van der Waals surface area contributed by atoms with Gasteiger partial charge in [-0.1, -0.05) is 18.2 Å². The second kappa shape index (κ2) is 9.50. The highest BCUT2D eigenvalue weighted by Crippen LogP contribution is 2.29. The molecule has 1 saturated carbocycles. The van der Waals surface area contributed by atoms with Crippen LogP contribution in [0.15, 0.2) is 47.4 Å². The number of methoxy groups -OCH3 is 1. The van der Waals surface area contributed by atoms with Gasteiger partial charge in [0, 0.05) is 44.0 Å². The zero-order chi connectivity index (χ0) is 22.7. The van der Waals surface area contributed by atoms with Crippen LogP contribution in [-0.2, 0) is 16.6 Å². The summed E-state index contributed by atoms with van der Waals surface area (Å²) in [7, 11) is -0.581. The molecule has 1 amide bonds. The van der Waals surface area contributed by atoms with Crippen LogP contribution in [0.5, 0.6) is 5.75 Å². The number of sulfonamides is 1. The first-order valence-electron chi connectivity index (χ1n) is 11.2. The fraction of sp³-hybridized carbons (Fsp3) is 0.458. The van der Waals surface area contributed by atoms with Gasteiger partial charge < -0.3 is 14.5 Å². The van der Waals surface area contributed by atoms with Crippen molar-refractivity contribution in [2.45, 2.75) is 49.6 Å². The van der Waals surface area contributed by atoms with E-state index in [0.29, 0.717) is 12.1 Å². The van der Waals surface area contributed by atoms with Crippen LogP contribution in [0.25, 0.3) is 0 Å². The molecule has 4 rings (SSSR count). The molecule has 0 radical (unpaired) electrons. The molecule has 1 saturated heterocycles. The Morgan fingerprint density at radius 2 is 1.84 bits per heavy atom. The third-order valence-electron chi connectivity index (χ3n) is 6.04. The molecular weight excluding hydrogens is 426 g/mol. The van der Waals surface area contributed by atoms with Crippen LogP contribution in [0.3, 0.4) is 0 Å². The van der Waals surface area contributed by atoms with Crippen LogP contribution < -0.4 is 14.4 Å². The summed E-state index contributed by atoms with van der Waals surface area (Å²) >= 11 is 0. The van der Waals surface area contributed by atoms with Crippen LogP contribution >= 0.6 is 0 Å². The van der Waals surface area contributed by atoms with Gasteiger partial charge in [-0.3, -0.25) is 4.79 Å². The van der Waals surface area contributed by atoms with Crippen LogP contribution in [-0.4, -0.2) is 52.5 Å². The minimum absolute atomic E-state index is 0.000123. The lowest BCUT2D eigenvalue weighted by molar-refractivity contribution is 0.0785. The number of benzene rings is 2.